The van der Waals surface area contributed by atoms with Crippen molar-refractivity contribution in [1.82, 2.24) is 5.32 Å². The first-order valence-corrected chi connectivity index (χ1v) is 6.25. The maximum absolute atomic E-state index is 5.47. The van der Waals surface area contributed by atoms with E-state index >= 15 is 0 Å². The molecule has 19 heavy (non-hydrogen) atoms. The summed E-state index contributed by atoms with van der Waals surface area (Å²) >= 11 is 0. The Morgan fingerprint density at radius 1 is 0.947 bits per heavy atom. The molecule has 0 radical (unpaired) electrons. The van der Waals surface area contributed by atoms with Crippen LogP contribution < -0.4 is 14.8 Å². The third kappa shape index (κ3) is 2.88. The van der Waals surface area contributed by atoms with Crippen LogP contribution >= 0.6 is 0 Å². The molecule has 1 N–H and O–H groups in total. The van der Waals surface area contributed by atoms with Gasteiger partial charge in [0.15, 0.2) is 0 Å². The van der Waals surface area contributed by atoms with Gasteiger partial charge in [0.05, 0.1) is 14.2 Å². The van der Waals surface area contributed by atoms with Crippen LogP contribution in [-0.4, -0.2) is 21.3 Å². The monoisotopic (exact) mass is 257 g/mol. The van der Waals surface area contributed by atoms with E-state index in [0.29, 0.717) is 0 Å². The van der Waals surface area contributed by atoms with Crippen LogP contribution in [0.1, 0.15) is 5.56 Å². The summed E-state index contributed by atoms with van der Waals surface area (Å²) in [5.74, 6) is 1.62. The van der Waals surface area contributed by atoms with Gasteiger partial charge in [-0.2, -0.15) is 0 Å². The number of methoxy groups -OCH3 is 2. The zero-order valence-electron chi connectivity index (χ0n) is 11.6. The summed E-state index contributed by atoms with van der Waals surface area (Å²) in [7, 11) is 5.28. The second-order valence-corrected chi connectivity index (χ2v) is 4.25. The normalized spacial score (nSPS) is 10.3. The van der Waals surface area contributed by atoms with E-state index in [1.54, 1.807) is 14.2 Å². The van der Waals surface area contributed by atoms with E-state index in [0.717, 1.165) is 23.6 Å². The van der Waals surface area contributed by atoms with Gasteiger partial charge in [-0.25, -0.2) is 0 Å². The third-order valence-electron chi connectivity index (χ3n) is 3.08. The number of nitrogens with one attached hydrogen (secondary N) is 1. The second-order valence-electron chi connectivity index (χ2n) is 4.25. The summed E-state index contributed by atoms with van der Waals surface area (Å²) in [4.78, 5) is 0. The van der Waals surface area contributed by atoms with Crippen molar-refractivity contribution >= 4 is 0 Å². The Labute approximate surface area is 114 Å². The predicted octanol–water partition coefficient (Wildman–Crippen LogP) is 3.09. The van der Waals surface area contributed by atoms with E-state index in [2.05, 4.69) is 17.4 Å². The molecule has 0 heterocycles. The van der Waals surface area contributed by atoms with Crippen molar-refractivity contribution in [3.63, 3.8) is 0 Å². The zero-order valence-corrected chi connectivity index (χ0v) is 11.6. The molecule has 0 spiro atoms. The quantitative estimate of drug-likeness (QED) is 0.893. The highest BCUT2D eigenvalue weighted by atomic mass is 16.5. The minimum Gasteiger partial charge on any atom is -0.497 e. The lowest BCUT2D eigenvalue weighted by Crippen LogP contribution is -2.06. The molecule has 3 heteroatoms. The highest BCUT2D eigenvalue weighted by Gasteiger charge is 2.10. The van der Waals surface area contributed by atoms with Crippen LogP contribution in [0.15, 0.2) is 42.5 Å². The first kappa shape index (κ1) is 13.4. The standard InChI is InChI=1S/C16H19NO2/c1-17-11-12-6-4-5-7-14(12)15-9-8-13(18-2)10-16(15)19-3/h4-10,17H,11H2,1-3H3. The summed E-state index contributed by atoms with van der Waals surface area (Å²) in [5, 5.41) is 3.19. The van der Waals surface area contributed by atoms with Crippen LogP contribution in [-0.2, 0) is 6.54 Å². The highest BCUT2D eigenvalue weighted by molar-refractivity contribution is 5.74. The van der Waals surface area contributed by atoms with Crippen molar-refractivity contribution in [1.29, 1.82) is 0 Å². The lowest BCUT2D eigenvalue weighted by atomic mass is 9.98. The van der Waals surface area contributed by atoms with Gasteiger partial charge in [0, 0.05) is 18.2 Å². The molecule has 0 aliphatic heterocycles. The number of rotatable bonds is 5. The molecule has 0 saturated carbocycles. The Morgan fingerprint density at radius 2 is 1.74 bits per heavy atom. The molecule has 100 valence electrons. The van der Waals surface area contributed by atoms with Gasteiger partial charge >= 0.3 is 0 Å². The van der Waals surface area contributed by atoms with Gasteiger partial charge in [-0.3, -0.25) is 0 Å². The summed E-state index contributed by atoms with van der Waals surface area (Å²) in [5.41, 5.74) is 3.50. The number of hydrogen-bond donors (Lipinski definition) is 1. The predicted molar refractivity (Wildman–Crippen MR) is 77.7 cm³/mol. The Balaban J connectivity index is 2.52. The molecular formula is C16H19NO2. The molecule has 0 atom stereocenters. The molecule has 0 saturated heterocycles. The smallest absolute Gasteiger partial charge is 0.130 e. The molecular weight excluding hydrogens is 238 g/mol. The van der Waals surface area contributed by atoms with Gasteiger partial charge in [-0.15, -0.1) is 0 Å². The van der Waals surface area contributed by atoms with E-state index < -0.39 is 0 Å². The van der Waals surface area contributed by atoms with Crippen LogP contribution in [0.5, 0.6) is 11.5 Å². The minimum absolute atomic E-state index is 0.798. The molecule has 0 aromatic heterocycles. The van der Waals surface area contributed by atoms with E-state index in [-0.39, 0.29) is 0 Å². The van der Waals surface area contributed by atoms with Crippen molar-refractivity contribution in [3.8, 4) is 22.6 Å². The molecule has 0 aliphatic rings. The van der Waals surface area contributed by atoms with Crippen molar-refractivity contribution in [2.45, 2.75) is 6.54 Å². The molecule has 2 rings (SSSR count). The van der Waals surface area contributed by atoms with E-state index in [1.807, 2.05) is 37.4 Å². The van der Waals surface area contributed by atoms with E-state index in [9.17, 15) is 0 Å². The van der Waals surface area contributed by atoms with Crippen molar-refractivity contribution in [2.24, 2.45) is 0 Å². The van der Waals surface area contributed by atoms with Gasteiger partial charge in [0.1, 0.15) is 11.5 Å². The fraction of sp³-hybridized carbons (Fsp3) is 0.250. The maximum atomic E-state index is 5.47. The van der Waals surface area contributed by atoms with E-state index in [4.69, 9.17) is 9.47 Å². The maximum Gasteiger partial charge on any atom is 0.130 e. The largest absolute Gasteiger partial charge is 0.497 e. The van der Waals surface area contributed by atoms with Gasteiger partial charge in [-0.05, 0) is 30.3 Å². The highest BCUT2D eigenvalue weighted by Crippen LogP contribution is 2.35. The first-order chi connectivity index (χ1) is 9.30. The second kappa shape index (κ2) is 6.25. The average molecular weight is 257 g/mol. The molecule has 0 aliphatic carbocycles. The van der Waals surface area contributed by atoms with E-state index in [1.165, 1.54) is 11.1 Å². The van der Waals surface area contributed by atoms with Gasteiger partial charge in [-0.1, -0.05) is 24.3 Å². The lowest BCUT2D eigenvalue weighted by molar-refractivity contribution is 0.395. The fourth-order valence-electron chi connectivity index (χ4n) is 2.15. The third-order valence-corrected chi connectivity index (χ3v) is 3.08. The number of hydrogen-bond acceptors (Lipinski definition) is 3. The van der Waals surface area contributed by atoms with Crippen LogP contribution in [0.25, 0.3) is 11.1 Å². The number of benzene rings is 2. The Hall–Kier alpha value is -2.00. The molecule has 2 aromatic rings. The SMILES string of the molecule is CNCc1ccccc1-c1ccc(OC)cc1OC. The number of ether oxygens (including phenoxy) is 2. The molecule has 0 fully saturated rings. The zero-order chi connectivity index (χ0) is 13.7. The van der Waals surface area contributed by atoms with Gasteiger partial charge in [0.2, 0.25) is 0 Å². The van der Waals surface area contributed by atoms with Gasteiger partial charge < -0.3 is 14.8 Å². The van der Waals surface area contributed by atoms with Crippen LogP contribution in [0, 0.1) is 0 Å². The molecule has 0 unspecified atom stereocenters. The molecule has 3 nitrogen and oxygen atoms in total. The molecule has 0 amide bonds. The topological polar surface area (TPSA) is 30.5 Å². The molecule has 0 bridgehead atoms. The first-order valence-electron chi connectivity index (χ1n) is 6.25. The Bertz CT molecular complexity index is 552. The Kier molecular flexibility index (Phi) is 4.42. The van der Waals surface area contributed by atoms with Gasteiger partial charge in [0.25, 0.3) is 0 Å². The van der Waals surface area contributed by atoms with Crippen molar-refractivity contribution in [2.75, 3.05) is 21.3 Å². The summed E-state index contributed by atoms with van der Waals surface area (Å²) in [6.07, 6.45) is 0. The fourth-order valence-corrected chi connectivity index (χ4v) is 2.15. The summed E-state index contributed by atoms with van der Waals surface area (Å²) < 4.78 is 10.7. The molecule has 2 aromatic carbocycles. The minimum atomic E-state index is 0.798. The Morgan fingerprint density at radius 3 is 2.42 bits per heavy atom. The summed E-state index contributed by atoms with van der Waals surface area (Å²) in [6, 6.07) is 14.2. The summed E-state index contributed by atoms with van der Waals surface area (Å²) in [6.45, 7) is 0.825. The van der Waals surface area contributed by atoms with Crippen molar-refractivity contribution < 1.29 is 9.47 Å². The lowest BCUT2D eigenvalue weighted by Gasteiger charge is -2.14. The average Bonchev–Trinajstić information content (AvgIpc) is 2.47. The van der Waals surface area contributed by atoms with Crippen molar-refractivity contribution in [3.05, 3.63) is 48.0 Å². The van der Waals surface area contributed by atoms with Crippen LogP contribution in [0.4, 0.5) is 0 Å². The van der Waals surface area contributed by atoms with Crippen LogP contribution in [0.3, 0.4) is 0 Å². The van der Waals surface area contributed by atoms with Crippen LogP contribution in [0.2, 0.25) is 0 Å².